The van der Waals surface area contributed by atoms with Gasteiger partial charge in [0.2, 0.25) is 5.82 Å². The fourth-order valence-corrected chi connectivity index (χ4v) is 1.52. The number of nitro groups is 1. The third kappa shape index (κ3) is 4.86. The average Bonchev–Trinajstić information content (AvgIpc) is 2.24. The lowest BCUT2D eigenvalue weighted by molar-refractivity contribution is -0.384. The fourth-order valence-electron chi connectivity index (χ4n) is 1.20. The van der Waals surface area contributed by atoms with Crippen LogP contribution in [0.2, 0.25) is 0 Å². The number of aromatic nitrogens is 1. The summed E-state index contributed by atoms with van der Waals surface area (Å²) < 4.78 is 36.1. The van der Waals surface area contributed by atoms with Gasteiger partial charge in [-0.25, -0.2) is 4.98 Å². The predicted octanol–water partition coefficient (Wildman–Crippen LogP) is 3.51. The number of alkyl halides is 3. The minimum absolute atomic E-state index is 0.0328. The number of rotatable bonds is 5. The molecule has 100 valence electrons. The third-order valence-electron chi connectivity index (χ3n) is 1.96. The normalized spacial score (nSPS) is 11.3. The molecule has 1 rings (SSSR count). The second kappa shape index (κ2) is 5.98. The fraction of sp³-hybridized carbons (Fsp3) is 0.444. The molecule has 1 aromatic rings. The Kier molecular flexibility index (Phi) is 4.88. The topological polar surface area (TPSA) is 68.1 Å². The smallest absolute Gasteiger partial charge is 0.364 e. The third-order valence-corrected chi connectivity index (χ3v) is 2.39. The Bertz CT molecular complexity index is 440. The van der Waals surface area contributed by atoms with Gasteiger partial charge in [-0.2, -0.15) is 13.2 Å². The van der Waals surface area contributed by atoms with Crippen LogP contribution in [0, 0.1) is 10.1 Å². The van der Waals surface area contributed by atoms with Gasteiger partial charge in [-0.05, 0) is 22.4 Å². The first kappa shape index (κ1) is 14.7. The van der Waals surface area contributed by atoms with Crippen LogP contribution in [0.15, 0.2) is 16.7 Å². The first-order valence-corrected chi connectivity index (χ1v) is 5.69. The first-order chi connectivity index (χ1) is 8.29. The van der Waals surface area contributed by atoms with E-state index in [0.29, 0.717) is 4.47 Å². The molecule has 5 nitrogen and oxygen atoms in total. The Balaban J connectivity index is 2.59. The molecule has 1 aromatic heterocycles. The number of nitrogens with zero attached hydrogens (tertiary/aromatic N) is 2. The lowest BCUT2D eigenvalue weighted by Crippen LogP contribution is -2.12. The maximum Gasteiger partial charge on any atom is 0.389 e. The lowest BCUT2D eigenvalue weighted by Gasteiger charge is -2.08. The summed E-state index contributed by atoms with van der Waals surface area (Å²) in [5.41, 5.74) is -0.281. The average molecular weight is 328 g/mol. The van der Waals surface area contributed by atoms with Crippen molar-refractivity contribution in [1.82, 2.24) is 4.98 Å². The van der Waals surface area contributed by atoms with E-state index in [-0.39, 0.29) is 24.5 Å². The Labute approximate surface area is 109 Å². The molecule has 0 amide bonds. The number of nitrogens with one attached hydrogen (secondary N) is 1. The highest BCUT2D eigenvalue weighted by Gasteiger charge is 2.26. The number of hydrogen-bond acceptors (Lipinski definition) is 4. The summed E-state index contributed by atoms with van der Waals surface area (Å²) in [6, 6.07) is 1.24. The molecular weight excluding hydrogens is 319 g/mol. The van der Waals surface area contributed by atoms with Crippen molar-refractivity contribution < 1.29 is 18.1 Å². The van der Waals surface area contributed by atoms with E-state index in [9.17, 15) is 23.3 Å². The van der Waals surface area contributed by atoms with Gasteiger partial charge in [-0.15, -0.1) is 0 Å². The van der Waals surface area contributed by atoms with Gasteiger partial charge in [0.1, 0.15) is 0 Å². The maximum absolute atomic E-state index is 11.9. The quantitative estimate of drug-likeness (QED) is 0.510. The van der Waals surface area contributed by atoms with E-state index in [1.54, 1.807) is 0 Å². The molecule has 1 heterocycles. The van der Waals surface area contributed by atoms with Crippen molar-refractivity contribution in [2.75, 3.05) is 11.9 Å². The largest absolute Gasteiger partial charge is 0.389 e. The number of pyridine rings is 1. The summed E-state index contributed by atoms with van der Waals surface area (Å²) >= 11 is 3.03. The van der Waals surface area contributed by atoms with E-state index in [4.69, 9.17) is 0 Å². The Morgan fingerprint density at radius 3 is 2.72 bits per heavy atom. The zero-order valence-corrected chi connectivity index (χ0v) is 10.6. The van der Waals surface area contributed by atoms with E-state index in [1.165, 1.54) is 12.3 Å². The van der Waals surface area contributed by atoms with Crippen LogP contribution in [-0.4, -0.2) is 22.6 Å². The molecule has 0 bridgehead atoms. The monoisotopic (exact) mass is 327 g/mol. The van der Waals surface area contributed by atoms with Crippen molar-refractivity contribution >= 4 is 27.4 Å². The Hall–Kier alpha value is -1.38. The van der Waals surface area contributed by atoms with Crippen molar-refractivity contribution in [3.05, 3.63) is 26.9 Å². The summed E-state index contributed by atoms with van der Waals surface area (Å²) in [5.74, 6) is -0.0367. The summed E-state index contributed by atoms with van der Waals surface area (Å²) in [6.07, 6.45) is -4.00. The summed E-state index contributed by atoms with van der Waals surface area (Å²) in [4.78, 5) is 13.8. The molecule has 0 atom stereocenters. The highest BCUT2D eigenvalue weighted by molar-refractivity contribution is 9.10. The van der Waals surface area contributed by atoms with Crippen molar-refractivity contribution in [2.24, 2.45) is 0 Å². The minimum atomic E-state index is -4.22. The van der Waals surface area contributed by atoms with Crippen molar-refractivity contribution in [3.63, 3.8) is 0 Å². The molecule has 0 unspecified atom stereocenters. The van der Waals surface area contributed by atoms with Crippen LogP contribution in [-0.2, 0) is 0 Å². The standard InChI is InChI=1S/C9H9BrF3N3O2/c10-6-4-7(16(17)18)8(15-5-6)14-3-1-2-9(11,12)13/h4-5H,1-3H2,(H,14,15). The minimum Gasteiger partial charge on any atom is -0.364 e. The summed E-state index contributed by atoms with van der Waals surface area (Å²) in [5, 5.41) is 13.2. The lowest BCUT2D eigenvalue weighted by atomic mass is 10.3. The molecule has 9 heteroatoms. The van der Waals surface area contributed by atoms with Gasteiger partial charge in [0.15, 0.2) is 0 Å². The van der Waals surface area contributed by atoms with Gasteiger partial charge in [0, 0.05) is 29.7 Å². The van der Waals surface area contributed by atoms with Gasteiger partial charge in [-0.3, -0.25) is 10.1 Å². The highest BCUT2D eigenvalue weighted by atomic mass is 79.9. The first-order valence-electron chi connectivity index (χ1n) is 4.90. The van der Waals surface area contributed by atoms with E-state index in [1.807, 2.05) is 0 Å². The zero-order valence-electron chi connectivity index (χ0n) is 9.00. The van der Waals surface area contributed by atoms with Gasteiger partial charge in [0.25, 0.3) is 0 Å². The van der Waals surface area contributed by atoms with Crippen LogP contribution in [0.1, 0.15) is 12.8 Å². The van der Waals surface area contributed by atoms with E-state index in [2.05, 4.69) is 26.2 Å². The number of halogens is 4. The van der Waals surface area contributed by atoms with Crippen LogP contribution in [0.3, 0.4) is 0 Å². The Morgan fingerprint density at radius 1 is 1.50 bits per heavy atom. The van der Waals surface area contributed by atoms with Crippen LogP contribution >= 0.6 is 15.9 Å². The number of anilines is 1. The molecular formula is C9H9BrF3N3O2. The molecule has 18 heavy (non-hydrogen) atoms. The molecule has 0 aliphatic rings. The van der Waals surface area contributed by atoms with Gasteiger partial charge in [0.05, 0.1) is 4.92 Å². The molecule has 1 N–H and O–H groups in total. The molecule has 0 aromatic carbocycles. The highest BCUT2D eigenvalue weighted by Crippen LogP contribution is 2.26. The molecule has 0 fully saturated rings. The summed E-state index contributed by atoms with van der Waals surface area (Å²) in [7, 11) is 0. The summed E-state index contributed by atoms with van der Waals surface area (Å²) in [6.45, 7) is -0.0328. The van der Waals surface area contributed by atoms with Gasteiger partial charge < -0.3 is 5.32 Å². The van der Waals surface area contributed by atoms with Gasteiger partial charge in [-0.1, -0.05) is 0 Å². The molecule has 0 aliphatic carbocycles. The van der Waals surface area contributed by atoms with Gasteiger partial charge >= 0.3 is 11.9 Å². The van der Waals surface area contributed by atoms with E-state index < -0.39 is 17.5 Å². The zero-order chi connectivity index (χ0) is 13.8. The van der Waals surface area contributed by atoms with E-state index >= 15 is 0 Å². The SMILES string of the molecule is O=[N+]([O-])c1cc(Br)cnc1NCCCC(F)(F)F. The van der Waals surface area contributed by atoms with Crippen LogP contribution < -0.4 is 5.32 Å². The molecule has 0 spiro atoms. The maximum atomic E-state index is 11.9. The van der Waals surface area contributed by atoms with Crippen LogP contribution in [0.5, 0.6) is 0 Å². The number of hydrogen-bond donors (Lipinski definition) is 1. The predicted molar refractivity (Wildman–Crippen MR) is 62.4 cm³/mol. The molecule has 0 radical (unpaired) electrons. The van der Waals surface area contributed by atoms with Crippen molar-refractivity contribution in [1.29, 1.82) is 0 Å². The second-order valence-corrected chi connectivity index (χ2v) is 4.34. The van der Waals surface area contributed by atoms with Crippen LogP contribution in [0.25, 0.3) is 0 Å². The van der Waals surface area contributed by atoms with Crippen molar-refractivity contribution in [2.45, 2.75) is 19.0 Å². The molecule has 0 aliphatic heterocycles. The van der Waals surface area contributed by atoms with Crippen molar-refractivity contribution in [3.8, 4) is 0 Å². The van der Waals surface area contributed by atoms with E-state index in [0.717, 1.165) is 0 Å². The molecule has 0 saturated heterocycles. The second-order valence-electron chi connectivity index (χ2n) is 3.42. The Morgan fingerprint density at radius 2 is 2.17 bits per heavy atom. The molecule has 0 saturated carbocycles. The van der Waals surface area contributed by atoms with Crippen LogP contribution in [0.4, 0.5) is 24.7 Å².